The number of nitro benzene ring substituents is 1. The number of nitrogens with zero attached hydrogens (tertiary/aromatic N) is 5. The highest BCUT2D eigenvalue weighted by molar-refractivity contribution is 5.66. The Morgan fingerprint density at radius 2 is 1.84 bits per heavy atom. The van der Waals surface area contributed by atoms with Crippen molar-refractivity contribution in [3.8, 4) is 22.6 Å². The average Bonchev–Trinajstić information content (AvgIpc) is 3.07. The molecule has 8 heteroatoms. The molecule has 0 aliphatic carbocycles. The Hall–Kier alpha value is -3.68. The molecule has 0 N–H and O–H groups in total. The molecule has 7 nitrogen and oxygen atoms in total. The van der Waals surface area contributed by atoms with Crippen LogP contribution in [-0.2, 0) is 0 Å². The molecule has 2 aromatic heterocycles. The number of hydrogen-bond donors (Lipinski definition) is 0. The minimum atomic E-state index is -0.886. The van der Waals surface area contributed by atoms with Crippen LogP contribution in [0.5, 0.6) is 0 Å². The fraction of sp³-hybridized carbons (Fsp3) is 0. The molecule has 0 fully saturated rings. The lowest BCUT2D eigenvalue weighted by molar-refractivity contribution is -0.387. The van der Waals surface area contributed by atoms with E-state index in [0.717, 1.165) is 11.6 Å². The molecule has 4 rings (SSSR count). The first kappa shape index (κ1) is 14.9. The molecule has 0 saturated heterocycles. The largest absolute Gasteiger partial charge is 0.305 e. The summed E-state index contributed by atoms with van der Waals surface area (Å²) in [5.41, 5.74) is 1.21. The van der Waals surface area contributed by atoms with Gasteiger partial charge in [0.25, 0.3) is 5.78 Å². The highest BCUT2D eigenvalue weighted by Crippen LogP contribution is 2.27. The van der Waals surface area contributed by atoms with E-state index in [0.29, 0.717) is 22.9 Å². The third-order valence-corrected chi connectivity index (χ3v) is 3.71. The Morgan fingerprint density at radius 3 is 2.60 bits per heavy atom. The number of aromatic nitrogens is 4. The van der Waals surface area contributed by atoms with Crippen LogP contribution in [0.4, 0.5) is 10.1 Å². The maximum absolute atomic E-state index is 13.6. The summed E-state index contributed by atoms with van der Waals surface area (Å²) < 4.78 is 15.1. The smallest absolute Gasteiger partial charge is 0.258 e. The molecule has 0 saturated carbocycles. The Morgan fingerprint density at radius 1 is 1.04 bits per heavy atom. The van der Waals surface area contributed by atoms with Crippen LogP contribution in [-0.4, -0.2) is 24.5 Å². The van der Waals surface area contributed by atoms with Crippen LogP contribution in [0.2, 0.25) is 0 Å². The Labute approximate surface area is 140 Å². The van der Waals surface area contributed by atoms with E-state index < -0.39 is 16.4 Å². The zero-order valence-electron chi connectivity index (χ0n) is 12.7. The van der Waals surface area contributed by atoms with Gasteiger partial charge in [-0.1, -0.05) is 30.3 Å². The van der Waals surface area contributed by atoms with Gasteiger partial charge >= 0.3 is 5.69 Å². The van der Waals surface area contributed by atoms with Crippen LogP contribution in [0.15, 0.2) is 60.8 Å². The van der Waals surface area contributed by atoms with E-state index in [2.05, 4.69) is 15.1 Å². The lowest BCUT2D eigenvalue weighted by atomic mass is 10.1. The van der Waals surface area contributed by atoms with Crippen molar-refractivity contribution in [3.63, 3.8) is 0 Å². The van der Waals surface area contributed by atoms with Crippen molar-refractivity contribution >= 4 is 11.5 Å². The van der Waals surface area contributed by atoms with Crippen LogP contribution < -0.4 is 0 Å². The van der Waals surface area contributed by atoms with Gasteiger partial charge in [0.05, 0.1) is 10.6 Å². The normalized spacial score (nSPS) is 10.9. The van der Waals surface area contributed by atoms with Crippen molar-refractivity contribution < 1.29 is 9.31 Å². The quantitative estimate of drug-likeness (QED) is 0.422. The molecule has 4 aromatic rings. The third kappa shape index (κ3) is 2.59. The number of fused-ring (bicyclic) bond motifs is 1. The summed E-state index contributed by atoms with van der Waals surface area (Å²) >= 11 is 0. The summed E-state index contributed by atoms with van der Waals surface area (Å²) in [5, 5.41) is 15.4. The molecule has 0 bridgehead atoms. The first-order valence-electron chi connectivity index (χ1n) is 7.35. The molecule has 0 atom stereocenters. The Balaban J connectivity index is 1.90. The van der Waals surface area contributed by atoms with E-state index in [9.17, 15) is 14.5 Å². The Kier molecular flexibility index (Phi) is 3.42. The van der Waals surface area contributed by atoms with Crippen LogP contribution >= 0.6 is 0 Å². The highest BCUT2D eigenvalue weighted by atomic mass is 19.1. The van der Waals surface area contributed by atoms with E-state index in [1.165, 1.54) is 22.8 Å². The molecular weight excluding hydrogens is 325 g/mol. The van der Waals surface area contributed by atoms with Gasteiger partial charge in [-0.25, -0.2) is 4.98 Å². The summed E-state index contributed by atoms with van der Waals surface area (Å²) in [6, 6.07) is 14.7. The fourth-order valence-corrected chi connectivity index (χ4v) is 2.53. The maximum Gasteiger partial charge on any atom is 0.305 e. The van der Waals surface area contributed by atoms with E-state index in [-0.39, 0.29) is 0 Å². The molecule has 0 amide bonds. The second-order valence-corrected chi connectivity index (χ2v) is 5.27. The van der Waals surface area contributed by atoms with E-state index >= 15 is 0 Å². The molecule has 2 aromatic carbocycles. The molecule has 2 heterocycles. The fourth-order valence-electron chi connectivity index (χ4n) is 2.53. The minimum Gasteiger partial charge on any atom is -0.258 e. The summed E-state index contributed by atoms with van der Waals surface area (Å²) in [6.45, 7) is 0. The van der Waals surface area contributed by atoms with Gasteiger partial charge in [0.2, 0.25) is 5.82 Å². The number of nitro groups is 1. The summed E-state index contributed by atoms with van der Waals surface area (Å²) in [6.07, 6.45) is 1.53. The van der Waals surface area contributed by atoms with Gasteiger partial charge in [-0.3, -0.25) is 10.1 Å². The number of halogens is 1. The van der Waals surface area contributed by atoms with Gasteiger partial charge in [-0.05, 0) is 18.2 Å². The topological polar surface area (TPSA) is 86.2 Å². The summed E-state index contributed by atoms with van der Waals surface area (Å²) in [7, 11) is 0. The van der Waals surface area contributed by atoms with Crippen molar-refractivity contribution in [2.75, 3.05) is 0 Å². The molecule has 0 unspecified atom stereocenters. The van der Waals surface area contributed by atoms with Crippen molar-refractivity contribution in [1.29, 1.82) is 0 Å². The highest BCUT2D eigenvalue weighted by Gasteiger charge is 2.17. The average molecular weight is 335 g/mol. The van der Waals surface area contributed by atoms with E-state index in [4.69, 9.17) is 0 Å². The molecule has 25 heavy (non-hydrogen) atoms. The molecule has 0 aliphatic heterocycles. The number of hydrogen-bond acceptors (Lipinski definition) is 5. The zero-order chi connectivity index (χ0) is 17.4. The van der Waals surface area contributed by atoms with Gasteiger partial charge in [-0.2, -0.15) is 13.9 Å². The number of benzene rings is 2. The number of rotatable bonds is 3. The van der Waals surface area contributed by atoms with Gasteiger partial charge in [0, 0.05) is 23.4 Å². The molecule has 0 aliphatic rings. The van der Waals surface area contributed by atoms with Crippen LogP contribution in [0.3, 0.4) is 0 Å². The van der Waals surface area contributed by atoms with Gasteiger partial charge < -0.3 is 0 Å². The lowest BCUT2D eigenvalue weighted by Gasteiger charge is -2.04. The van der Waals surface area contributed by atoms with E-state index in [1.54, 1.807) is 6.07 Å². The van der Waals surface area contributed by atoms with Gasteiger partial charge in [0.1, 0.15) is 0 Å². The van der Waals surface area contributed by atoms with Gasteiger partial charge in [-0.15, -0.1) is 5.10 Å². The van der Waals surface area contributed by atoms with Crippen molar-refractivity contribution in [3.05, 3.63) is 76.7 Å². The maximum atomic E-state index is 13.6. The molecular formula is C17H10FN5O2. The second-order valence-electron chi connectivity index (χ2n) is 5.27. The van der Waals surface area contributed by atoms with Gasteiger partial charge in [0.15, 0.2) is 5.82 Å². The zero-order valence-corrected chi connectivity index (χ0v) is 12.7. The predicted molar refractivity (Wildman–Crippen MR) is 88.3 cm³/mol. The van der Waals surface area contributed by atoms with Crippen LogP contribution in [0.1, 0.15) is 0 Å². The lowest BCUT2D eigenvalue weighted by Crippen LogP contribution is -1.98. The minimum absolute atomic E-state index is 0.350. The molecule has 122 valence electrons. The first-order chi connectivity index (χ1) is 12.1. The van der Waals surface area contributed by atoms with Crippen molar-refractivity contribution in [2.24, 2.45) is 0 Å². The Bertz CT molecular complexity index is 1090. The van der Waals surface area contributed by atoms with Crippen LogP contribution in [0, 0.1) is 15.9 Å². The predicted octanol–water partition coefficient (Wildman–Crippen LogP) is 3.51. The third-order valence-electron chi connectivity index (χ3n) is 3.71. The summed E-state index contributed by atoms with van der Waals surface area (Å²) in [4.78, 5) is 18.8. The first-order valence-corrected chi connectivity index (χ1v) is 7.35. The van der Waals surface area contributed by atoms with Crippen molar-refractivity contribution in [2.45, 2.75) is 0 Å². The summed E-state index contributed by atoms with van der Waals surface area (Å²) in [5.74, 6) is -0.0527. The van der Waals surface area contributed by atoms with Crippen molar-refractivity contribution in [1.82, 2.24) is 19.6 Å². The van der Waals surface area contributed by atoms with Crippen LogP contribution in [0.25, 0.3) is 28.4 Å². The van der Waals surface area contributed by atoms with E-state index in [1.807, 2.05) is 30.3 Å². The second kappa shape index (κ2) is 5.75. The molecule has 0 radical (unpaired) electrons. The monoisotopic (exact) mass is 335 g/mol. The standard InChI is InChI=1S/C17H10FN5O2/c18-13-7-6-12(10-15(13)23(24)25)14-8-9-19-17-20-16(21-22(14)17)11-4-2-1-3-5-11/h1-10H. The molecule has 0 spiro atoms. The SMILES string of the molecule is O=[N+]([O-])c1cc(-c2ccnc3nc(-c4ccccc4)nn23)ccc1F.